The molecule has 4 heteroatoms. The fourth-order valence-electron chi connectivity index (χ4n) is 1.32. The summed E-state index contributed by atoms with van der Waals surface area (Å²) in [4.78, 5) is 0. The van der Waals surface area contributed by atoms with Crippen molar-refractivity contribution >= 4 is 11.4 Å². The molecule has 0 amide bonds. The van der Waals surface area contributed by atoms with Gasteiger partial charge < -0.3 is 11.5 Å². The largest absolute Gasteiger partial charge is 0.398 e. The van der Waals surface area contributed by atoms with Gasteiger partial charge in [0.1, 0.15) is 0 Å². The molecule has 4 nitrogen and oxygen atoms in total. The highest BCUT2D eigenvalue weighted by molar-refractivity contribution is 5.46. The number of nitrogens with two attached hydrogens (primary N) is 2. The number of anilines is 2. The molecule has 0 spiro atoms. The maximum Gasteiger partial charge on any atom is 0.0719 e. The monoisotopic (exact) mass is 188 g/mol. The van der Waals surface area contributed by atoms with Crippen molar-refractivity contribution in [3.05, 3.63) is 42.2 Å². The lowest BCUT2D eigenvalue weighted by Crippen LogP contribution is -2.02. The summed E-state index contributed by atoms with van der Waals surface area (Å²) in [7, 11) is 0. The number of nitrogen functional groups attached to an aromatic ring is 2. The average molecular weight is 188 g/mol. The second kappa shape index (κ2) is 3.41. The van der Waals surface area contributed by atoms with E-state index in [1.807, 2.05) is 24.3 Å². The SMILES string of the molecule is Nc1cnn(Cc2ccccc2N)c1. The molecule has 0 aliphatic carbocycles. The van der Waals surface area contributed by atoms with Gasteiger partial charge in [0.15, 0.2) is 0 Å². The van der Waals surface area contributed by atoms with Gasteiger partial charge in [-0.2, -0.15) is 5.10 Å². The maximum absolute atomic E-state index is 5.80. The molecule has 0 saturated carbocycles. The zero-order valence-corrected chi connectivity index (χ0v) is 7.72. The van der Waals surface area contributed by atoms with Crippen LogP contribution in [0.1, 0.15) is 5.56 Å². The smallest absolute Gasteiger partial charge is 0.0719 e. The minimum absolute atomic E-state index is 0.657. The van der Waals surface area contributed by atoms with Crippen molar-refractivity contribution in [3.8, 4) is 0 Å². The summed E-state index contributed by atoms with van der Waals surface area (Å²) >= 11 is 0. The summed E-state index contributed by atoms with van der Waals surface area (Å²) in [6, 6.07) is 7.73. The summed E-state index contributed by atoms with van der Waals surface area (Å²) in [5, 5.41) is 4.09. The normalized spacial score (nSPS) is 10.3. The number of nitrogens with zero attached hydrogens (tertiary/aromatic N) is 2. The van der Waals surface area contributed by atoms with E-state index in [9.17, 15) is 0 Å². The Kier molecular flexibility index (Phi) is 2.10. The van der Waals surface area contributed by atoms with E-state index >= 15 is 0 Å². The first kappa shape index (κ1) is 8.62. The molecule has 0 bridgehead atoms. The van der Waals surface area contributed by atoms with Gasteiger partial charge >= 0.3 is 0 Å². The highest BCUT2D eigenvalue weighted by Crippen LogP contribution is 2.12. The van der Waals surface area contributed by atoms with Crippen LogP contribution in [0.5, 0.6) is 0 Å². The van der Waals surface area contributed by atoms with Gasteiger partial charge in [-0.05, 0) is 11.6 Å². The molecule has 0 radical (unpaired) electrons. The fourth-order valence-corrected chi connectivity index (χ4v) is 1.32. The number of aromatic nitrogens is 2. The fraction of sp³-hybridized carbons (Fsp3) is 0.100. The number of hydrogen-bond donors (Lipinski definition) is 2. The van der Waals surface area contributed by atoms with Crippen LogP contribution in [-0.2, 0) is 6.54 Å². The molecule has 2 aromatic rings. The Hall–Kier alpha value is -1.97. The summed E-state index contributed by atoms with van der Waals surface area (Å²) in [5.74, 6) is 0. The molecule has 2 rings (SSSR count). The molecule has 14 heavy (non-hydrogen) atoms. The topological polar surface area (TPSA) is 69.9 Å². The van der Waals surface area contributed by atoms with E-state index in [1.165, 1.54) is 0 Å². The van der Waals surface area contributed by atoms with Gasteiger partial charge in [0.2, 0.25) is 0 Å². The van der Waals surface area contributed by atoms with Crippen molar-refractivity contribution < 1.29 is 0 Å². The van der Waals surface area contributed by atoms with Crippen molar-refractivity contribution in [1.29, 1.82) is 0 Å². The Labute approximate surface area is 82.1 Å². The summed E-state index contributed by atoms with van der Waals surface area (Å²) < 4.78 is 1.76. The van der Waals surface area contributed by atoms with E-state index in [2.05, 4.69) is 5.10 Å². The van der Waals surface area contributed by atoms with Gasteiger partial charge in [-0.25, -0.2) is 0 Å². The molecule has 0 aliphatic rings. The first-order valence-corrected chi connectivity index (χ1v) is 4.37. The second-order valence-corrected chi connectivity index (χ2v) is 3.17. The van der Waals surface area contributed by atoms with Crippen molar-refractivity contribution in [1.82, 2.24) is 9.78 Å². The third-order valence-corrected chi connectivity index (χ3v) is 2.04. The second-order valence-electron chi connectivity index (χ2n) is 3.17. The molecular formula is C10H12N4. The van der Waals surface area contributed by atoms with E-state index in [0.29, 0.717) is 12.2 Å². The van der Waals surface area contributed by atoms with E-state index in [1.54, 1.807) is 17.1 Å². The lowest BCUT2D eigenvalue weighted by molar-refractivity contribution is 0.688. The molecule has 1 aromatic heterocycles. The lowest BCUT2D eigenvalue weighted by atomic mass is 10.2. The van der Waals surface area contributed by atoms with Gasteiger partial charge in [-0.3, -0.25) is 4.68 Å². The highest BCUT2D eigenvalue weighted by Gasteiger charge is 1.99. The van der Waals surface area contributed by atoms with Crippen LogP contribution < -0.4 is 11.5 Å². The maximum atomic E-state index is 5.80. The standard InChI is InChI=1S/C10H12N4/c11-9-5-13-14(7-9)6-8-3-1-2-4-10(8)12/h1-5,7H,6,11-12H2. The number of rotatable bonds is 2. The summed E-state index contributed by atoms with van der Waals surface area (Å²) in [5.41, 5.74) is 13.9. The molecule has 0 fully saturated rings. The van der Waals surface area contributed by atoms with Crippen LogP contribution in [0.4, 0.5) is 11.4 Å². The van der Waals surface area contributed by atoms with Crippen molar-refractivity contribution in [2.45, 2.75) is 6.54 Å². The minimum Gasteiger partial charge on any atom is -0.398 e. The molecule has 4 N–H and O–H groups in total. The van der Waals surface area contributed by atoms with Crippen molar-refractivity contribution in [2.24, 2.45) is 0 Å². The van der Waals surface area contributed by atoms with Gasteiger partial charge in [-0.15, -0.1) is 0 Å². The third kappa shape index (κ3) is 1.69. The van der Waals surface area contributed by atoms with Crippen molar-refractivity contribution in [2.75, 3.05) is 11.5 Å². The molecular weight excluding hydrogens is 176 g/mol. The van der Waals surface area contributed by atoms with Crippen molar-refractivity contribution in [3.63, 3.8) is 0 Å². The Balaban J connectivity index is 2.23. The summed E-state index contributed by atoms with van der Waals surface area (Å²) in [6.45, 7) is 0.657. The molecule has 0 unspecified atom stereocenters. The molecule has 0 aliphatic heterocycles. The quantitative estimate of drug-likeness (QED) is 0.693. The number of para-hydroxylation sites is 1. The van der Waals surface area contributed by atoms with E-state index in [-0.39, 0.29) is 0 Å². The Morgan fingerprint density at radius 1 is 1.21 bits per heavy atom. The molecule has 72 valence electrons. The van der Waals surface area contributed by atoms with E-state index in [0.717, 1.165) is 11.3 Å². The Morgan fingerprint density at radius 2 is 2.00 bits per heavy atom. The number of benzene rings is 1. The van der Waals surface area contributed by atoms with Gasteiger partial charge in [-0.1, -0.05) is 18.2 Å². The predicted octanol–water partition coefficient (Wildman–Crippen LogP) is 1.10. The minimum atomic E-state index is 0.657. The third-order valence-electron chi connectivity index (χ3n) is 2.04. The van der Waals surface area contributed by atoms with Crippen LogP contribution >= 0.6 is 0 Å². The van der Waals surface area contributed by atoms with Crippen LogP contribution in [0.25, 0.3) is 0 Å². The zero-order valence-electron chi connectivity index (χ0n) is 7.72. The summed E-state index contributed by atoms with van der Waals surface area (Å²) in [6.07, 6.45) is 3.41. The van der Waals surface area contributed by atoms with E-state index < -0.39 is 0 Å². The van der Waals surface area contributed by atoms with Crippen LogP contribution in [0.15, 0.2) is 36.7 Å². The van der Waals surface area contributed by atoms with E-state index in [4.69, 9.17) is 11.5 Å². The molecule has 0 saturated heterocycles. The van der Waals surface area contributed by atoms with Crippen LogP contribution in [0.3, 0.4) is 0 Å². The van der Waals surface area contributed by atoms with Gasteiger partial charge in [0.25, 0.3) is 0 Å². The first-order valence-electron chi connectivity index (χ1n) is 4.37. The predicted molar refractivity (Wildman–Crippen MR) is 56.6 cm³/mol. The number of hydrogen-bond acceptors (Lipinski definition) is 3. The van der Waals surface area contributed by atoms with Gasteiger partial charge in [0.05, 0.1) is 18.4 Å². The lowest BCUT2D eigenvalue weighted by Gasteiger charge is -2.04. The molecule has 0 atom stereocenters. The highest BCUT2D eigenvalue weighted by atomic mass is 15.3. The van der Waals surface area contributed by atoms with Crippen LogP contribution in [-0.4, -0.2) is 9.78 Å². The van der Waals surface area contributed by atoms with Crippen LogP contribution in [0, 0.1) is 0 Å². The Morgan fingerprint density at radius 3 is 2.64 bits per heavy atom. The molecule has 1 heterocycles. The zero-order chi connectivity index (χ0) is 9.97. The first-order chi connectivity index (χ1) is 6.75. The molecule has 1 aromatic carbocycles. The van der Waals surface area contributed by atoms with Gasteiger partial charge in [0, 0.05) is 11.9 Å². The Bertz CT molecular complexity index is 433. The van der Waals surface area contributed by atoms with Crippen LogP contribution in [0.2, 0.25) is 0 Å². The average Bonchev–Trinajstić information content (AvgIpc) is 2.56.